The van der Waals surface area contributed by atoms with Crippen LogP contribution in [0.5, 0.6) is 0 Å². The first-order valence-electron chi connectivity index (χ1n) is 9.74. The van der Waals surface area contributed by atoms with E-state index in [1.807, 2.05) is 6.07 Å². The summed E-state index contributed by atoms with van der Waals surface area (Å²) < 4.78 is 32.6. The Hall–Kier alpha value is -3.68. The number of hydrogen-bond acceptors (Lipinski definition) is 7. The number of carbonyl (C=O) groups is 1. The summed E-state index contributed by atoms with van der Waals surface area (Å²) in [6.07, 6.45) is 0. The molecular weight excluding hydrogens is 432 g/mol. The smallest absolute Gasteiger partial charge is 0.324 e. The fourth-order valence-corrected chi connectivity index (χ4v) is 4.27. The first-order valence-corrected chi connectivity index (χ1v) is 11.2. The molecule has 3 aromatic rings. The van der Waals surface area contributed by atoms with Crippen molar-refractivity contribution in [1.29, 1.82) is 5.26 Å². The second-order valence-electron chi connectivity index (χ2n) is 7.30. The summed E-state index contributed by atoms with van der Waals surface area (Å²) in [4.78, 5) is 19.8. The molecule has 3 N–H and O–H groups in total. The van der Waals surface area contributed by atoms with Gasteiger partial charge in [0.1, 0.15) is 24.3 Å². The average Bonchev–Trinajstić information content (AvgIpc) is 3.20. The zero-order chi connectivity index (χ0) is 23.3. The van der Waals surface area contributed by atoms with Crippen LogP contribution in [0.25, 0.3) is 16.6 Å². The fraction of sp³-hybridized carbons (Fsp3) is 0.227. The Morgan fingerprint density at radius 2 is 1.84 bits per heavy atom. The molecule has 0 spiro atoms. The van der Waals surface area contributed by atoms with Gasteiger partial charge in [0, 0.05) is 0 Å². The van der Waals surface area contributed by atoms with Crippen LogP contribution < -0.4 is 4.72 Å². The van der Waals surface area contributed by atoms with Gasteiger partial charge >= 0.3 is 5.97 Å². The molecule has 1 unspecified atom stereocenters. The highest BCUT2D eigenvalue weighted by Gasteiger charge is 2.30. The van der Waals surface area contributed by atoms with Crippen molar-refractivity contribution in [3.8, 4) is 6.07 Å². The Morgan fingerprint density at radius 3 is 2.47 bits per heavy atom. The second kappa shape index (κ2) is 9.64. The van der Waals surface area contributed by atoms with Crippen LogP contribution in [0.2, 0.25) is 0 Å². The lowest BCUT2D eigenvalue weighted by molar-refractivity contribution is -0.146. The SMILES string of the molecule is CC(C)C(NS(=O)(=O)c1ccccc1)C(=O)OC/C(O)=C(\C#N)c1nc2ccccc2[nH]1. The third-order valence-electron chi connectivity index (χ3n) is 4.63. The molecule has 1 atom stereocenters. The highest BCUT2D eigenvalue weighted by molar-refractivity contribution is 7.89. The molecule has 1 aromatic heterocycles. The van der Waals surface area contributed by atoms with Gasteiger partial charge in [-0.1, -0.05) is 44.2 Å². The number of carbonyl (C=O) groups excluding carboxylic acids is 1. The normalized spacial score (nSPS) is 13.4. The van der Waals surface area contributed by atoms with Crippen LogP contribution in [0.1, 0.15) is 19.7 Å². The number of aromatic nitrogens is 2. The largest absolute Gasteiger partial charge is 0.507 e. The van der Waals surface area contributed by atoms with E-state index in [1.165, 1.54) is 12.1 Å². The number of rotatable bonds is 8. The van der Waals surface area contributed by atoms with Crippen molar-refractivity contribution in [1.82, 2.24) is 14.7 Å². The summed E-state index contributed by atoms with van der Waals surface area (Å²) in [6.45, 7) is 2.70. The van der Waals surface area contributed by atoms with Gasteiger partial charge in [0.25, 0.3) is 0 Å². The van der Waals surface area contributed by atoms with E-state index in [0.717, 1.165) is 0 Å². The molecule has 0 aliphatic carbocycles. The molecule has 32 heavy (non-hydrogen) atoms. The van der Waals surface area contributed by atoms with Gasteiger partial charge in [-0.05, 0) is 30.2 Å². The van der Waals surface area contributed by atoms with Crippen molar-refractivity contribution < 1.29 is 23.1 Å². The van der Waals surface area contributed by atoms with E-state index in [2.05, 4.69) is 14.7 Å². The van der Waals surface area contributed by atoms with Crippen LogP contribution >= 0.6 is 0 Å². The Kier molecular flexibility index (Phi) is 6.92. The molecule has 0 aliphatic rings. The topological polar surface area (TPSA) is 145 Å². The number of esters is 1. The van der Waals surface area contributed by atoms with E-state index in [4.69, 9.17) is 4.74 Å². The predicted molar refractivity (Wildman–Crippen MR) is 118 cm³/mol. The van der Waals surface area contributed by atoms with Gasteiger partial charge in [0.05, 0.1) is 15.9 Å². The van der Waals surface area contributed by atoms with Crippen molar-refractivity contribution in [2.75, 3.05) is 6.61 Å². The number of sulfonamides is 1. The number of benzene rings is 2. The maximum atomic E-state index is 12.6. The number of ether oxygens (including phenoxy) is 1. The maximum Gasteiger partial charge on any atom is 0.324 e. The summed E-state index contributed by atoms with van der Waals surface area (Å²) in [6, 6.07) is 15.4. The standard InChI is InChI=1S/C22H22N4O5S/c1-14(2)20(26-32(29,30)15-8-4-3-5-9-15)22(28)31-13-19(27)16(12-23)21-24-17-10-6-7-11-18(17)25-21/h3-11,14,20,26-27H,13H2,1-2H3,(H,24,25)/b19-16-. The number of hydrogen-bond donors (Lipinski definition) is 3. The number of aliphatic hydroxyl groups excluding tert-OH is 1. The van der Waals surface area contributed by atoms with Gasteiger partial charge in [0.2, 0.25) is 10.0 Å². The predicted octanol–water partition coefficient (Wildman–Crippen LogP) is 2.90. The number of nitrogens with zero attached hydrogens (tertiary/aromatic N) is 2. The van der Waals surface area contributed by atoms with Crippen molar-refractivity contribution in [3.63, 3.8) is 0 Å². The van der Waals surface area contributed by atoms with Crippen molar-refractivity contribution in [2.24, 2.45) is 5.92 Å². The van der Waals surface area contributed by atoms with E-state index in [0.29, 0.717) is 11.0 Å². The molecule has 0 amide bonds. The molecule has 3 rings (SSSR count). The number of H-pyrrole nitrogens is 1. The molecular formula is C22H22N4O5S. The van der Waals surface area contributed by atoms with Gasteiger partial charge in [-0.3, -0.25) is 4.79 Å². The maximum absolute atomic E-state index is 12.6. The first kappa shape index (κ1) is 23.0. The van der Waals surface area contributed by atoms with E-state index in [-0.39, 0.29) is 16.3 Å². The number of aliphatic hydroxyl groups is 1. The van der Waals surface area contributed by atoms with Crippen LogP contribution in [0.15, 0.2) is 65.3 Å². The molecule has 1 heterocycles. The van der Waals surface area contributed by atoms with E-state index in [1.54, 1.807) is 56.3 Å². The number of allylic oxidation sites excluding steroid dienone is 1. The molecule has 0 saturated carbocycles. The van der Waals surface area contributed by atoms with Crippen LogP contribution in [0.4, 0.5) is 0 Å². The Labute approximate surface area is 185 Å². The molecule has 10 heteroatoms. The van der Waals surface area contributed by atoms with Crippen LogP contribution in [-0.4, -0.2) is 42.1 Å². The lowest BCUT2D eigenvalue weighted by atomic mass is 10.1. The Balaban J connectivity index is 1.76. The summed E-state index contributed by atoms with van der Waals surface area (Å²) in [5, 5.41) is 19.8. The lowest BCUT2D eigenvalue weighted by Crippen LogP contribution is -2.45. The zero-order valence-electron chi connectivity index (χ0n) is 17.4. The highest BCUT2D eigenvalue weighted by Crippen LogP contribution is 2.19. The minimum absolute atomic E-state index is 0.0119. The second-order valence-corrected chi connectivity index (χ2v) is 9.01. The van der Waals surface area contributed by atoms with E-state index in [9.17, 15) is 23.6 Å². The van der Waals surface area contributed by atoms with Gasteiger partial charge in [-0.15, -0.1) is 0 Å². The molecule has 0 aliphatic heterocycles. The van der Waals surface area contributed by atoms with E-state index >= 15 is 0 Å². The number of para-hydroxylation sites is 2. The van der Waals surface area contributed by atoms with Crippen molar-refractivity contribution >= 4 is 32.6 Å². The number of nitriles is 1. The summed E-state index contributed by atoms with van der Waals surface area (Å²) in [5.74, 6) is -1.69. The van der Waals surface area contributed by atoms with Crippen molar-refractivity contribution in [2.45, 2.75) is 24.8 Å². The third kappa shape index (κ3) is 5.14. The minimum atomic E-state index is -3.96. The average molecular weight is 455 g/mol. The first-order chi connectivity index (χ1) is 15.2. The number of nitrogens with one attached hydrogen (secondary N) is 2. The van der Waals surface area contributed by atoms with Crippen LogP contribution in [0, 0.1) is 17.2 Å². The molecule has 2 aromatic carbocycles. The fourth-order valence-electron chi connectivity index (χ4n) is 2.92. The highest BCUT2D eigenvalue weighted by atomic mass is 32.2. The number of fused-ring (bicyclic) bond motifs is 1. The zero-order valence-corrected chi connectivity index (χ0v) is 18.3. The van der Waals surface area contributed by atoms with Gasteiger partial charge in [0.15, 0.2) is 11.6 Å². The molecule has 0 radical (unpaired) electrons. The molecule has 0 saturated heterocycles. The van der Waals surface area contributed by atoms with Gasteiger partial charge in [-0.2, -0.15) is 9.98 Å². The quantitative estimate of drug-likeness (QED) is 0.269. The van der Waals surface area contributed by atoms with Crippen molar-refractivity contribution in [3.05, 3.63) is 66.2 Å². The third-order valence-corrected chi connectivity index (χ3v) is 6.09. The Morgan fingerprint density at radius 1 is 1.19 bits per heavy atom. The van der Waals surface area contributed by atoms with Crippen LogP contribution in [0.3, 0.4) is 0 Å². The molecule has 0 bridgehead atoms. The van der Waals surface area contributed by atoms with Gasteiger partial charge in [-0.25, -0.2) is 13.4 Å². The monoisotopic (exact) mass is 454 g/mol. The summed E-state index contributed by atoms with van der Waals surface area (Å²) in [5.41, 5.74) is 1.10. The van der Waals surface area contributed by atoms with Gasteiger partial charge < -0.3 is 14.8 Å². The lowest BCUT2D eigenvalue weighted by Gasteiger charge is -2.20. The molecule has 0 fully saturated rings. The summed E-state index contributed by atoms with van der Waals surface area (Å²) in [7, 11) is -3.96. The number of aromatic amines is 1. The van der Waals surface area contributed by atoms with Crippen LogP contribution in [-0.2, 0) is 19.6 Å². The number of imidazole rings is 1. The molecule has 166 valence electrons. The Bertz CT molecular complexity index is 1260. The molecule has 9 nitrogen and oxygen atoms in total. The van der Waals surface area contributed by atoms with E-state index < -0.39 is 40.3 Å². The summed E-state index contributed by atoms with van der Waals surface area (Å²) >= 11 is 0. The minimum Gasteiger partial charge on any atom is -0.507 e.